The Labute approximate surface area is 145 Å². The number of hydrogen-bond acceptors (Lipinski definition) is 3. The number of hydrogen-bond donors (Lipinski definition) is 1. The maximum absolute atomic E-state index is 14.0. The second kappa shape index (κ2) is 7.20. The number of carboxylic acid groups (broad SMARTS) is 1. The van der Waals surface area contributed by atoms with Crippen LogP contribution in [0.25, 0.3) is 0 Å². The van der Waals surface area contributed by atoms with Crippen LogP contribution in [0.5, 0.6) is 0 Å². The van der Waals surface area contributed by atoms with Gasteiger partial charge in [-0.25, -0.2) is 4.39 Å². The topological polar surface area (TPSA) is 43.8 Å². The number of nitrogens with zero attached hydrogens (tertiary/aromatic N) is 2. The van der Waals surface area contributed by atoms with Crippen LogP contribution in [-0.2, 0) is 4.79 Å². The highest BCUT2D eigenvalue weighted by Crippen LogP contribution is 2.27. The summed E-state index contributed by atoms with van der Waals surface area (Å²) in [7, 11) is 0. The Morgan fingerprint density at radius 1 is 1.08 bits per heavy atom. The van der Waals surface area contributed by atoms with Crippen molar-refractivity contribution in [3.63, 3.8) is 0 Å². The molecule has 6 heteroatoms. The van der Waals surface area contributed by atoms with Crippen molar-refractivity contribution in [2.45, 2.75) is 6.04 Å². The molecule has 0 unspecified atom stereocenters. The van der Waals surface area contributed by atoms with E-state index in [-0.39, 0.29) is 5.56 Å². The fraction of sp³-hybridized carbons (Fsp3) is 0.278. The van der Waals surface area contributed by atoms with E-state index in [9.17, 15) is 14.3 Å². The number of carbonyl (C=O) groups is 1. The van der Waals surface area contributed by atoms with Crippen LogP contribution in [0.4, 0.5) is 10.1 Å². The van der Waals surface area contributed by atoms with Crippen molar-refractivity contribution in [3.05, 3.63) is 64.9 Å². The van der Waals surface area contributed by atoms with E-state index in [0.29, 0.717) is 31.2 Å². The van der Waals surface area contributed by atoms with E-state index in [4.69, 9.17) is 11.6 Å². The van der Waals surface area contributed by atoms with Gasteiger partial charge in [0.05, 0.1) is 0 Å². The Kier molecular flexibility index (Phi) is 5.02. The maximum atomic E-state index is 14.0. The summed E-state index contributed by atoms with van der Waals surface area (Å²) in [5, 5.41) is 10.3. The number of piperazine rings is 1. The number of halogens is 2. The minimum absolute atomic E-state index is 0.209. The van der Waals surface area contributed by atoms with Crippen molar-refractivity contribution in [1.82, 2.24) is 4.90 Å². The Morgan fingerprint density at radius 3 is 2.42 bits per heavy atom. The van der Waals surface area contributed by atoms with Crippen molar-refractivity contribution in [3.8, 4) is 0 Å². The third-order valence-corrected chi connectivity index (χ3v) is 4.52. The molecule has 0 spiro atoms. The molecule has 1 aliphatic heterocycles. The standard InChI is InChI=1S/C18H18ClFN2O2/c19-13-4-3-5-14(12-13)21-8-10-22(11-9-21)17(18(23)24)15-6-1-2-7-16(15)20/h1-7,12,17H,8-11H2,(H,23,24)/t17-/m0/s1. The van der Waals surface area contributed by atoms with Gasteiger partial charge in [-0.3, -0.25) is 9.69 Å². The Morgan fingerprint density at radius 2 is 1.79 bits per heavy atom. The molecule has 0 amide bonds. The molecular weight excluding hydrogens is 331 g/mol. The van der Waals surface area contributed by atoms with Crippen LogP contribution in [-0.4, -0.2) is 42.2 Å². The van der Waals surface area contributed by atoms with Gasteiger partial charge in [0, 0.05) is 42.5 Å². The number of benzene rings is 2. The SMILES string of the molecule is O=C(O)[C@H](c1ccccc1F)N1CCN(c2cccc(Cl)c2)CC1. The summed E-state index contributed by atoms with van der Waals surface area (Å²) in [6.45, 7) is 2.41. The van der Waals surface area contributed by atoms with Gasteiger partial charge in [-0.15, -0.1) is 0 Å². The van der Waals surface area contributed by atoms with Crippen LogP contribution >= 0.6 is 11.6 Å². The summed E-state index contributed by atoms with van der Waals surface area (Å²) in [4.78, 5) is 15.7. The average molecular weight is 349 g/mol. The summed E-state index contributed by atoms with van der Waals surface area (Å²) in [6.07, 6.45) is 0. The third-order valence-electron chi connectivity index (χ3n) is 4.29. The quantitative estimate of drug-likeness (QED) is 0.919. The van der Waals surface area contributed by atoms with Crippen LogP contribution in [0, 0.1) is 5.82 Å². The maximum Gasteiger partial charge on any atom is 0.325 e. The molecule has 1 fully saturated rings. The average Bonchev–Trinajstić information content (AvgIpc) is 2.57. The highest BCUT2D eigenvalue weighted by Gasteiger charge is 2.32. The fourth-order valence-electron chi connectivity index (χ4n) is 3.09. The fourth-order valence-corrected chi connectivity index (χ4v) is 3.28. The summed E-state index contributed by atoms with van der Waals surface area (Å²) >= 11 is 6.03. The van der Waals surface area contributed by atoms with E-state index < -0.39 is 17.8 Å². The summed E-state index contributed by atoms with van der Waals surface area (Å²) in [6, 6.07) is 12.7. The number of anilines is 1. The van der Waals surface area contributed by atoms with Crippen LogP contribution in [0.1, 0.15) is 11.6 Å². The van der Waals surface area contributed by atoms with Gasteiger partial charge in [-0.05, 0) is 24.3 Å². The van der Waals surface area contributed by atoms with Crippen molar-refractivity contribution in [2.24, 2.45) is 0 Å². The van der Waals surface area contributed by atoms with Gasteiger partial charge < -0.3 is 10.0 Å². The van der Waals surface area contributed by atoms with Crippen LogP contribution in [0.2, 0.25) is 5.02 Å². The predicted octanol–water partition coefficient (Wildman–Crippen LogP) is 3.43. The Balaban J connectivity index is 1.75. The second-order valence-electron chi connectivity index (χ2n) is 5.77. The van der Waals surface area contributed by atoms with Gasteiger partial charge >= 0.3 is 5.97 Å². The van der Waals surface area contributed by atoms with E-state index in [1.165, 1.54) is 12.1 Å². The Bertz CT molecular complexity index is 732. The van der Waals surface area contributed by atoms with Crippen molar-refractivity contribution in [1.29, 1.82) is 0 Å². The molecule has 0 saturated carbocycles. The van der Waals surface area contributed by atoms with Crippen LogP contribution < -0.4 is 4.90 Å². The minimum atomic E-state index is -1.03. The molecule has 3 rings (SSSR count). The first-order chi connectivity index (χ1) is 11.6. The summed E-state index contributed by atoms with van der Waals surface area (Å²) in [5.41, 5.74) is 1.22. The van der Waals surface area contributed by atoms with E-state index in [0.717, 1.165) is 5.69 Å². The zero-order chi connectivity index (χ0) is 17.1. The van der Waals surface area contributed by atoms with Gasteiger partial charge in [0.1, 0.15) is 11.9 Å². The molecule has 24 heavy (non-hydrogen) atoms. The summed E-state index contributed by atoms with van der Waals surface area (Å²) < 4.78 is 14.0. The molecule has 1 aliphatic rings. The molecule has 1 N–H and O–H groups in total. The predicted molar refractivity (Wildman–Crippen MR) is 92.0 cm³/mol. The lowest BCUT2D eigenvalue weighted by molar-refractivity contribution is -0.143. The lowest BCUT2D eigenvalue weighted by Crippen LogP contribution is -2.49. The molecule has 2 aromatic rings. The van der Waals surface area contributed by atoms with Gasteiger partial charge in [-0.2, -0.15) is 0 Å². The molecule has 126 valence electrons. The van der Waals surface area contributed by atoms with E-state index in [2.05, 4.69) is 4.90 Å². The zero-order valence-corrected chi connectivity index (χ0v) is 13.8. The smallest absolute Gasteiger partial charge is 0.325 e. The van der Waals surface area contributed by atoms with Crippen molar-refractivity contribution in [2.75, 3.05) is 31.1 Å². The Hall–Kier alpha value is -2.11. The second-order valence-corrected chi connectivity index (χ2v) is 6.20. The molecule has 4 nitrogen and oxygen atoms in total. The van der Waals surface area contributed by atoms with Gasteiger partial charge in [0.25, 0.3) is 0 Å². The molecule has 1 atom stereocenters. The van der Waals surface area contributed by atoms with Crippen LogP contribution in [0.15, 0.2) is 48.5 Å². The molecule has 2 aromatic carbocycles. The molecule has 0 aliphatic carbocycles. The first kappa shape index (κ1) is 16.7. The van der Waals surface area contributed by atoms with Gasteiger partial charge in [0.15, 0.2) is 0 Å². The summed E-state index contributed by atoms with van der Waals surface area (Å²) in [5.74, 6) is -1.52. The first-order valence-corrected chi connectivity index (χ1v) is 8.16. The highest BCUT2D eigenvalue weighted by molar-refractivity contribution is 6.30. The van der Waals surface area contributed by atoms with E-state index >= 15 is 0 Å². The lowest BCUT2D eigenvalue weighted by Gasteiger charge is -2.39. The first-order valence-electron chi connectivity index (χ1n) is 7.78. The van der Waals surface area contributed by atoms with Gasteiger partial charge in [0.2, 0.25) is 0 Å². The van der Waals surface area contributed by atoms with Crippen molar-refractivity contribution < 1.29 is 14.3 Å². The van der Waals surface area contributed by atoms with Crippen molar-refractivity contribution >= 4 is 23.3 Å². The van der Waals surface area contributed by atoms with Gasteiger partial charge in [-0.1, -0.05) is 35.9 Å². The molecule has 0 radical (unpaired) electrons. The molecule has 1 heterocycles. The molecule has 1 saturated heterocycles. The zero-order valence-electron chi connectivity index (χ0n) is 13.0. The largest absolute Gasteiger partial charge is 0.480 e. The van der Waals surface area contributed by atoms with E-state index in [1.54, 1.807) is 12.1 Å². The molecular formula is C18H18ClFN2O2. The number of rotatable bonds is 4. The van der Waals surface area contributed by atoms with Crippen LogP contribution in [0.3, 0.4) is 0 Å². The monoisotopic (exact) mass is 348 g/mol. The number of aliphatic carboxylic acids is 1. The van der Waals surface area contributed by atoms with E-state index in [1.807, 2.05) is 29.2 Å². The minimum Gasteiger partial charge on any atom is -0.480 e. The molecule has 0 aromatic heterocycles. The molecule has 0 bridgehead atoms. The number of carboxylic acids is 1. The normalized spacial score (nSPS) is 16.8. The lowest BCUT2D eigenvalue weighted by atomic mass is 10.0. The highest BCUT2D eigenvalue weighted by atomic mass is 35.5. The third kappa shape index (κ3) is 3.52.